The standard InChI is InChI=1S/C17H15NO6/c19-15-14-13(16(20)21)11-3-4-17(14,24-11)7-18(15)6-9-1-2-10-12(5-9)23-8-22-10/h1-5,11,13-14H,6-8H2,(H,20,21)/t11-,13-,14+,17-/m1/s1. The Balaban J connectivity index is 1.42. The van der Waals surface area contributed by atoms with Gasteiger partial charge in [0.05, 0.1) is 18.6 Å². The summed E-state index contributed by atoms with van der Waals surface area (Å²) in [4.78, 5) is 26.0. The lowest BCUT2D eigenvalue weighted by Crippen LogP contribution is -2.39. The predicted octanol–water partition coefficient (Wildman–Crippen LogP) is 0.782. The molecule has 0 unspecified atom stereocenters. The molecule has 2 saturated heterocycles. The van der Waals surface area contributed by atoms with E-state index >= 15 is 0 Å². The van der Waals surface area contributed by atoms with Crippen LogP contribution in [0.2, 0.25) is 0 Å². The summed E-state index contributed by atoms with van der Waals surface area (Å²) in [5.74, 6) is -1.22. The van der Waals surface area contributed by atoms with Crippen molar-refractivity contribution in [1.82, 2.24) is 4.90 Å². The number of carbonyl (C=O) groups excluding carboxylic acids is 1. The number of carbonyl (C=O) groups is 2. The van der Waals surface area contributed by atoms with Crippen LogP contribution in [0.4, 0.5) is 0 Å². The molecule has 0 saturated carbocycles. The number of ether oxygens (including phenoxy) is 3. The summed E-state index contributed by atoms with van der Waals surface area (Å²) in [5.41, 5.74) is 0.121. The lowest BCUT2D eigenvalue weighted by Gasteiger charge is -2.21. The molecule has 0 aliphatic carbocycles. The second-order valence-electron chi connectivity index (χ2n) is 6.62. The van der Waals surface area contributed by atoms with Crippen LogP contribution in [-0.4, -0.2) is 46.9 Å². The topological polar surface area (TPSA) is 85.3 Å². The van der Waals surface area contributed by atoms with Crippen LogP contribution in [0.25, 0.3) is 0 Å². The molecule has 2 fully saturated rings. The Kier molecular flexibility index (Phi) is 2.60. The molecule has 1 amide bonds. The van der Waals surface area contributed by atoms with E-state index in [0.29, 0.717) is 24.6 Å². The van der Waals surface area contributed by atoms with Crippen molar-refractivity contribution in [3.05, 3.63) is 35.9 Å². The highest BCUT2D eigenvalue weighted by Crippen LogP contribution is 2.52. The van der Waals surface area contributed by atoms with E-state index in [1.165, 1.54) is 0 Å². The smallest absolute Gasteiger partial charge is 0.310 e. The molecular weight excluding hydrogens is 314 g/mol. The van der Waals surface area contributed by atoms with Crippen molar-refractivity contribution in [2.45, 2.75) is 18.2 Å². The zero-order valence-corrected chi connectivity index (χ0v) is 12.7. The van der Waals surface area contributed by atoms with Crippen LogP contribution < -0.4 is 9.47 Å². The number of hydrogen-bond donors (Lipinski definition) is 1. The highest BCUT2D eigenvalue weighted by Gasteiger charge is 2.66. The van der Waals surface area contributed by atoms with Crippen LogP contribution in [0, 0.1) is 11.8 Å². The fraction of sp³-hybridized carbons (Fsp3) is 0.412. The van der Waals surface area contributed by atoms with Crippen LogP contribution in [0.3, 0.4) is 0 Å². The van der Waals surface area contributed by atoms with Gasteiger partial charge in [0.15, 0.2) is 11.5 Å². The summed E-state index contributed by atoms with van der Waals surface area (Å²) in [5, 5.41) is 9.46. The molecule has 4 heterocycles. The van der Waals surface area contributed by atoms with Crippen molar-refractivity contribution in [1.29, 1.82) is 0 Å². The molecule has 2 bridgehead atoms. The molecule has 0 radical (unpaired) electrons. The lowest BCUT2D eigenvalue weighted by atomic mass is 9.77. The van der Waals surface area contributed by atoms with E-state index in [-0.39, 0.29) is 12.7 Å². The molecule has 1 N–H and O–H groups in total. The number of aliphatic carboxylic acids is 1. The largest absolute Gasteiger partial charge is 0.481 e. The summed E-state index contributed by atoms with van der Waals surface area (Å²) in [6, 6.07) is 5.55. The average Bonchev–Trinajstić information content (AvgIpc) is 3.28. The molecule has 24 heavy (non-hydrogen) atoms. The normalized spacial score (nSPS) is 34.9. The Hall–Kier alpha value is -2.54. The first kappa shape index (κ1) is 13.9. The molecule has 0 aromatic heterocycles. The van der Waals surface area contributed by atoms with Gasteiger partial charge in [-0.1, -0.05) is 18.2 Å². The quantitative estimate of drug-likeness (QED) is 0.825. The number of carboxylic acid groups (broad SMARTS) is 1. The number of likely N-dealkylation sites (tertiary alicyclic amines) is 1. The molecule has 1 spiro atoms. The molecule has 4 atom stereocenters. The van der Waals surface area contributed by atoms with E-state index in [4.69, 9.17) is 14.2 Å². The number of rotatable bonds is 3. The van der Waals surface area contributed by atoms with Crippen LogP contribution in [-0.2, 0) is 20.9 Å². The van der Waals surface area contributed by atoms with E-state index in [9.17, 15) is 14.7 Å². The van der Waals surface area contributed by atoms with E-state index in [1.54, 1.807) is 11.0 Å². The molecule has 7 nitrogen and oxygen atoms in total. The summed E-state index contributed by atoms with van der Waals surface area (Å²) in [7, 11) is 0. The lowest BCUT2D eigenvalue weighted by molar-refractivity contribution is -0.148. The van der Waals surface area contributed by atoms with Crippen molar-refractivity contribution < 1.29 is 28.9 Å². The molecule has 4 aliphatic rings. The van der Waals surface area contributed by atoms with Gasteiger partial charge in [0, 0.05) is 6.54 Å². The summed E-state index contributed by atoms with van der Waals surface area (Å²) >= 11 is 0. The third-order valence-corrected chi connectivity index (χ3v) is 5.27. The van der Waals surface area contributed by atoms with Gasteiger partial charge in [0.25, 0.3) is 0 Å². The summed E-state index contributed by atoms with van der Waals surface area (Å²) < 4.78 is 16.5. The third kappa shape index (κ3) is 1.70. The first-order chi connectivity index (χ1) is 11.6. The zero-order chi connectivity index (χ0) is 16.5. The van der Waals surface area contributed by atoms with Crippen molar-refractivity contribution in [2.75, 3.05) is 13.3 Å². The van der Waals surface area contributed by atoms with Gasteiger partial charge in [0.1, 0.15) is 11.5 Å². The molecular formula is C17H15NO6. The molecule has 1 aromatic rings. The molecule has 1 aromatic carbocycles. The van der Waals surface area contributed by atoms with Crippen molar-refractivity contribution in [3.63, 3.8) is 0 Å². The van der Waals surface area contributed by atoms with Crippen LogP contribution in [0.15, 0.2) is 30.4 Å². The molecule has 5 rings (SSSR count). The predicted molar refractivity (Wildman–Crippen MR) is 79.3 cm³/mol. The van der Waals surface area contributed by atoms with Gasteiger partial charge in [-0.25, -0.2) is 0 Å². The van der Waals surface area contributed by atoms with Gasteiger partial charge in [-0.2, -0.15) is 0 Å². The molecule has 4 aliphatic heterocycles. The monoisotopic (exact) mass is 329 g/mol. The van der Waals surface area contributed by atoms with Gasteiger partial charge >= 0.3 is 5.97 Å². The van der Waals surface area contributed by atoms with Crippen molar-refractivity contribution >= 4 is 11.9 Å². The van der Waals surface area contributed by atoms with Gasteiger partial charge in [0.2, 0.25) is 12.7 Å². The van der Waals surface area contributed by atoms with E-state index in [2.05, 4.69) is 0 Å². The maximum Gasteiger partial charge on any atom is 0.310 e. The maximum absolute atomic E-state index is 12.8. The summed E-state index contributed by atoms with van der Waals surface area (Å²) in [6.07, 6.45) is 3.13. The Bertz CT molecular complexity index is 789. The zero-order valence-electron chi connectivity index (χ0n) is 12.7. The summed E-state index contributed by atoms with van der Waals surface area (Å²) in [6.45, 7) is 0.969. The van der Waals surface area contributed by atoms with Crippen LogP contribution >= 0.6 is 0 Å². The molecule has 124 valence electrons. The Morgan fingerprint density at radius 3 is 3.00 bits per heavy atom. The SMILES string of the molecule is O=C(O)[C@H]1[C@H]2C(=O)N(Cc3ccc4c(c3)OCO4)C[C@]23C=C[C@H]1O3. The Morgan fingerprint density at radius 1 is 1.33 bits per heavy atom. The van der Waals surface area contributed by atoms with E-state index in [0.717, 1.165) is 5.56 Å². The number of amides is 1. The highest BCUT2D eigenvalue weighted by atomic mass is 16.7. The average molecular weight is 329 g/mol. The number of fused-ring (bicyclic) bond motifs is 2. The van der Waals surface area contributed by atoms with Gasteiger partial charge in [-0.15, -0.1) is 0 Å². The van der Waals surface area contributed by atoms with Crippen LogP contribution in [0.1, 0.15) is 5.56 Å². The van der Waals surface area contributed by atoms with Gasteiger partial charge in [-0.05, 0) is 17.7 Å². The maximum atomic E-state index is 12.8. The van der Waals surface area contributed by atoms with Crippen molar-refractivity contribution in [3.8, 4) is 11.5 Å². The number of benzene rings is 1. The third-order valence-electron chi connectivity index (χ3n) is 5.27. The minimum absolute atomic E-state index is 0.160. The number of nitrogens with zero attached hydrogens (tertiary/aromatic N) is 1. The number of carboxylic acids is 1. The Morgan fingerprint density at radius 2 is 2.17 bits per heavy atom. The second kappa shape index (κ2) is 4.51. The van der Waals surface area contributed by atoms with E-state index in [1.807, 2.05) is 24.3 Å². The van der Waals surface area contributed by atoms with Gasteiger partial charge < -0.3 is 24.2 Å². The second-order valence-corrected chi connectivity index (χ2v) is 6.62. The number of hydrogen-bond acceptors (Lipinski definition) is 5. The van der Waals surface area contributed by atoms with Gasteiger partial charge in [-0.3, -0.25) is 9.59 Å². The van der Waals surface area contributed by atoms with Crippen molar-refractivity contribution in [2.24, 2.45) is 11.8 Å². The fourth-order valence-corrected chi connectivity index (χ4v) is 4.25. The first-order valence-corrected chi connectivity index (χ1v) is 7.85. The fourth-order valence-electron chi connectivity index (χ4n) is 4.25. The molecule has 7 heteroatoms. The highest BCUT2D eigenvalue weighted by molar-refractivity contribution is 5.90. The van der Waals surface area contributed by atoms with E-state index < -0.39 is 29.5 Å². The minimum Gasteiger partial charge on any atom is -0.481 e. The minimum atomic E-state index is -0.977. The Labute approximate surface area is 137 Å². The first-order valence-electron chi connectivity index (χ1n) is 7.85. The van der Waals surface area contributed by atoms with Crippen LogP contribution in [0.5, 0.6) is 11.5 Å².